The summed E-state index contributed by atoms with van der Waals surface area (Å²) in [6.45, 7) is 2.13. The molecule has 0 unspecified atom stereocenters. The summed E-state index contributed by atoms with van der Waals surface area (Å²) in [6.07, 6.45) is 0. The molecule has 0 aromatic rings. The molecule has 0 amide bonds. The highest BCUT2D eigenvalue weighted by atomic mass is 35.5. The predicted molar refractivity (Wildman–Crippen MR) is 41.6 cm³/mol. The van der Waals surface area contributed by atoms with E-state index >= 15 is 0 Å². The quantitative estimate of drug-likeness (QED) is 0.491. The number of carbonyl (C=O) groups excluding carboxylic acids is 1. The van der Waals surface area contributed by atoms with Gasteiger partial charge < -0.3 is 4.74 Å². The zero-order valence-electron chi connectivity index (χ0n) is 5.77. The topological polar surface area (TPSA) is 26.3 Å². The van der Waals surface area contributed by atoms with E-state index in [4.69, 9.17) is 23.2 Å². The smallest absolute Gasteiger partial charge is 0.311 e. The van der Waals surface area contributed by atoms with Crippen LogP contribution >= 0.6 is 23.2 Å². The third-order valence-corrected chi connectivity index (χ3v) is 1.74. The third-order valence-electron chi connectivity index (χ3n) is 0.992. The van der Waals surface area contributed by atoms with E-state index in [2.05, 4.69) is 4.74 Å². The van der Waals surface area contributed by atoms with E-state index in [1.165, 1.54) is 0 Å². The van der Waals surface area contributed by atoms with Gasteiger partial charge in [-0.05, 0) is 6.92 Å². The van der Waals surface area contributed by atoms with Crippen molar-refractivity contribution in [1.82, 2.24) is 0 Å². The summed E-state index contributed by atoms with van der Waals surface area (Å²) in [5.74, 6) is -0.221. The molecule has 0 rings (SSSR count). The normalized spacial score (nSPS) is 10.0. The van der Waals surface area contributed by atoms with Crippen molar-refractivity contribution in [2.24, 2.45) is 5.92 Å². The van der Waals surface area contributed by atoms with Crippen LogP contribution in [0.2, 0.25) is 0 Å². The number of halogens is 2. The average molecular weight is 185 g/mol. The lowest BCUT2D eigenvalue weighted by Crippen LogP contribution is -2.20. The van der Waals surface area contributed by atoms with E-state index in [1.54, 1.807) is 6.92 Å². The van der Waals surface area contributed by atoms with Crippen LogP contribution in [0.5, 0.6) is 0 Å². The maximum Gasteiger partial charge on any atom is 0.311 e. The number of rotatable bonds is 4. The van der Waals surface area contributed by atoms with Crippen molar-refractivity contribution in [2.45, 2.75) is 6.92 Å². The van der Waals surface area contributed by atoms with E-state index in [-0.39, 0.29) is 23.6 Å². The summed E-state index contributed by atoms with van der Waals surface area (Å²) in [5.41, 5.74) is 0. The largest absolute Gasteiger partial charge is 0.466 e. The Hall–Kier alpha value is 0.0500. The Labute approximate surface area is 70.4 Å². The van der Waals surface area contributed by atoms with Crippen molar-refractivity contribution in [2.75, 3.05) is 18.4 Å². The lowest BCUT2D eigenvalue weighted by atomic mass is 10.2. The maximum absolute atomic E-state index is 10.8. The highest BCUT2D eigenvalue weighted by Crippen LogP contribution is 2.04. The van der Waals surface area contributed by atoms with Crippen LogP contribution < -0.4 is 0 Å². The van der Waals surface area contributed by atoms with E-state index in [9.17, 15) is 4.79 Å². The fourth-order valence-electron chi connectivity index (χ4n) is 0.427. The summed E-state index contributed by atoms with van der Waals surface area (Å²) in [6, 6.07) is 0. The van der Waals surface area contributed by atoms with Crippen molar-refractivity contribution >= 4 is 29.2 Å². The van der Waals surface area contributed by atoms with Gasteiger partial charge in [0.05, 0.1) is 12.5 Å². The molecule has 0 fully saturated rings. The van der Waals surface area contributed by atoms with E-state index in [0.29, 0.717) is 6.61 Å². The van der Waals surface area contributed by atoms with Crippen LogP contribution in [-0.4, -0.2) is 24.3 Å². The molecule has 0 saturated heterocycles. The molecule has 10 heavy (non-hydrogen) atoms. The summed E-state index contributed by atoms with van der Waals surface area (Å²) < 4.78 is 4.68. The highest BCUT2D eigenvalue weighted by Gasteiger charge is 2.16. The third kappa shape index (κ3) is 3.28. The molecule has 0 N–H and O–H groups in total. The zero-order chi connectivity index (χ0) is 7.98. The van der Waals surface area contributed by atoms with Crippen molar-refractivity contribution in [3.8, 4) is 0 Å². The Morgan fingerprint density at radius 1 is 1.50 bits per heavy atom. The first-order valence-electron chi connectivity index (χ1n) is 3.04. The van der Waals surface area contributed by atoms with E-state index in [0.717, 1.165) is 0 Å². The van der Waals surface area contributed by atoms with E-state index < -0.39 is 0 Å². The lowest BCUT2D eigenvalue weighted by Gasteiger charge is -2.07. The molecule has 0 atom stereocenters. The fraction of sp³-hybridized carbons (Fsp3) is 0.833. The van der Waals surface area contributed by atoms with Crippen LogP contribution in [0.4, 0.5) is 0 Å². The minimum Gasteiger partial charge on any atom is -0.466 e. The Morgan fingerprint density at radius 3 is 2.30 bits per heavy atom. The van der Waals surface area contributed by atoms with Crippen LogP contribution in [0, 0.1) is 5.92 Å². The summed E-state index contributed by atoms with van der Waals surface area (Å²) in [7, 11) is 0. The summed E-state index contributed by atoms with van der Waals surface area (Å²) in [5, 5.41) is 0. The van der Waals surface area contributed by atoms with Crippen LogP contribution in [-0.2, 0) is 9.53 Å². The molecule has 0 aliphatic rings. The van der Waals surface area contributed by atoms with Gasteiger partial charge in [0.25, 0.3) is 0 Å². The first kappa shape index (κ1) is 10.0. The van der Waals surface area contributed by atoms with Gasteiger partial charge in [-0.15, -0.1) is 23.2 Å². The SMILES string of the molecule is CCOC(=O)C(CCl)CCl. The second-order valence-corrected chi connectivity index (χ2v) is 2.37. The van der Waals surface area contributed by atoms with Gasteiger partial charge in [0, 0.05) is 11.8 Å². The number of carbonyl (C=O) groups is 1. The molecule has 0 aromatic carbocycles. The van der Waals surface area contributed by atoms with Crippen molar-refractivity contribution in [3.63, 3.8) is 0 Å². The Bertz CT molecular complexity index is 102. The average Bonchev–Trinajstić information content (AvgIpc) is 1.91. The molecule has 0 aliphatic carbocycles. The van der Waals surface area contributed by atoms with Gasteiger partial charge >= 0.3 is 5.97 Å². The number of ether oxygens (including phenoxy) is 1. The highest BCUT2D eigenvalue weighted by molar-refractivity contribution is 6.22. The Morgan fingerprint density at radius 2 is 2.00 bits per heavy atom. The standard InChI is InChI=1S/C6H10Cl2O2/c1-2-10-6(9)5(3-7)4-8/h5H,2-4H2,1H3. The molecule has 60 valence electrons. The van der Waals surface area contributed by atoms with Crippen molar-refractivity contribution in [1.29, 1.82) is 0 Å². The first-order valence-corrected chi connectivity index (χ1v) is 4.11. The molecule has 0 aromatic heterocycles. The predicted octanol–water partition coefficient (Wildman–Crippen LogP) is 1.64. The molecule has 0 bridgehead atoms. The summed E-state index contributed by atoms with van der Waals surface area (Å²) in [4.78, 5) is 10.8. The first-order chi connectivity index (χ1) is 4.76. The second kappa shape index (κ2) is 5.81. The van der Waals surface area contributed by atoms with Crippen LogP contribution in [0.15, 0.2) is 0 Å². The zero-order valence-corrected chi connectivity index (χ0v) is 7.28. The molecule has 4 heteroatoms. The van der Waals surface area contributed by atoms with Gasteiger partial charge in [-0.2, -0.15) is 0 Å². The Kier molecular flexibility index (Phi) is 5.84. The molecular weight excluding hydrogens is 175 g/mol. The fourth-order valence-corrected chi connectivity index (χ4v) is 1.01. The molecular formula is C6H10Cl2O2. The molecule has 0 radical (unpaired) electrons. The van der Waals surface area contributed by atoms with Gasteiger partial charge in [0.15, 0.2) is 0 Å². The second-order valence-electron chi connectivity index (χ2n) is 1.76. The van der Waals surface area contributed by atoms with Gasteiger partial charge in [-0.1, -0.05) is 0 Å². The van der Waals surface area contributed by atoms with Crippen LogP contribution in [0.1, 0.15) is 6.92 Å². The monoisotopic (exact) mass is 184 g/mol. The van der Waals surface area contributed by atoms with E-state index in [1.807, 2.05) is 0 Å². The molecule has 0 heterocycles. The van der Waals surface area contributed by atoms with Gasteiger partial charge in [0.2, 0.25) is 0 Å². The van der Waals surface area contributed by atoms with Crippen LogP contribution in [0.3, 0.4) is 0 Å². The van der Waals surface area contributed by atoms with Crippen molar-refractivity contribution < 1.29 is 9.53 Å². The number of hydrogen-bond acceptors (Lipinski definition) is 2. The minimum atomic E-state index is -0.358. The molecule has 0 aliphatic heterocycles. The van der Waals surface area contributed by atoms with Crippen molar-refractivity contribution in [3.05, 3.63) is 0 Å². The summed E-state index contributed by atoms with van der Waals surface area (Å²) >= 11 is 10.8. The molecule has 2 nitrogen and oxygen atoms in total. The van der Waals surface area contributed by atoms with Gasteiger partial charge in [0.1, 0.15) is 0 Å². The van der Waals surface area contributed by atoms with Gasteiger partial charge in [-0.25, -0.2) is 0 Å². The number of esters is 1. The molecule has 0 spiro atoms. The number of alkyl halides is 2. The maximum atomic E-state index is 10.8. The lowest BCUT2D eigenvalue weighted by molar-refractivity contribution is -0.146. The minimum absolute atomic E-state index is 0.225. The van der Waals surface area contributed by atoms with Gasteiger partial charge in [-0.3, -0.25) is 4.79 Å². The molecule has 0 saturated carbocycles. The number of hydrogen-bond donors (Lipinski definition) is 0. The Balaban J connectivity index is 3.65. The van der Waals surface area contributed by atoms with Crippen LogP contribution in [0.25, 0.3) is 0 Å².